The Hall–Kier alpha value is -3.36. The monoisotopic (exact) mass is 766 g/mol. The zero-order chi connectivity index (χ0) is 38.6. The number of carbonyl (C=O) groups excluding carboxylic acids is 1. The van der Waals surface area contributed by atoms with Crippen LogP contribution in [0.1, 0.15) is 141 Å². The first-order valence-corrected chi connectivity index (χ1v) is 21.0. The maximum absolute atomic E-state index is 15.1. The van der Waals surface area contributed by atoms with Crippen LogP contribution >= 0.6 is 11.6 Å². The number of rotatable bonds is 23. The Morgan fingerprint density at radius 1 is 0.926 bits per heavy atom. The first-order chi connectivity index (χ1) is 26.1. The molecular formula is C45H65ClF2N4O2. The number of hydrogen-bond acceptors (Lipinski definition) is 4. The number of hydrogen-bond donors (Lipinski definition) is 2. The van der Waals surface area contributed by atoms with Gasteiger partial charge in [0.05, 0.1) is 12.6 Å². The Kier molecular flexibility index (Phi) is 18.9. The van der Waals surface area contributed by atoms with Crippen LogP contribution in [0.25, 0.3) is 11.1 Å². The van der Waals surface area contributed by atoms with Gasteiger partial charge in [0.25, 0.3) is 0 Å². The molecule has 1 aromatic heterocycles. The van der Waals surface area contributed by atoms with Gasteiger partial charge in [-0.15, -0.1) is 0 Å². The summed E-state index contributed by atoms with van der Waals surface area (Å²) >= 11 is 6.28. The predicted octanol–water partition coefficient (Wildman–Crippen LogP) is 12.7. The molecule has 0 spiro atoms. The van der Waals surface area contributed by atoms with E-state index >= 15 is 4.39 Å². The van der Waals surface area contributed by atoms with E-state index in [1.165, 1.54) is 69.9 Å². The summed E-state index contributed by atoms with van der Waals surface area (Å²) in [4.78, 5) is 14.6. The molecule has 0 unspecified atom stereocenters. The minimum atomic E-state index is -0.470. The summed E-state index contributed by atoms with van der Waals surface area (Å²) < 4.78 is 37.0. The molecule has 54 heavy (non-hydrogen) atoms. The first-order valence-electron chi connectivity index (χ1n) is 20.5. The standard InChI is InChI=1S/C45H65ClF2N4O2/c1-45(2,3)26-17-9-7-5-4-6-8-10-18-31-54-44(53)50-49-28-19-29-51(30-27-46)43(37-22-15-12-16-23-37)42-32-38(40-33-39(47)24-25-41(40)48)35-52(42)34-36-20-13-11-14-21-36/h11,13-14,20-21,24-25,27,30,32-33,35,37,43,49H,4-10,12,15-19,22-23,26,28-29,31,34H2,1-3H3,(H,50,53)/t43-/m1/s1. The number of unbranched alkanes of at least 4 members (excludes halogenated alkanes) is 8. The smallest absolute Gasteiger partial charge is 0.421 e. The summed E-state index contributed by atoms with van der Waals surface area (Å²) in [5, 5.41) is 0. The predicted molar refractivity (Wildman–Crippen MR) is 219 cm³/mol. The molecule has 1 heterocycles. The van der Waals surface area contributed by atoms with E-state index in [2.05, 4.69) is 53.2 Å². The van der Waals surface area contributed by atoms with Gasteiger partial charge >= 0.3 is 6.09 Å². The van der Waals surface area contributed by atoms with Crippen LogP contribution in [-0.4, -0.2) is 35.3 Å². The van der Waals surface area contributed by atoms with Crippen molar-refractivity contribution in [1.29, 1.82) is 0 Å². The second-order valence-electron chi connectivity index (χ2n) is 16.3. The number of aromatic nitrogens is 1. The number of halogens is 3. The van der Waals surface area contributed by atoms with Crippen molar-refractivity contribution in [3.8, 4) is 11.1 Å². The van der Waals surface area contributed by atoms with Gasteiger partial charge < -0.3 is 14.2 Å². The summed E-state index contributed by atoms with van der Waals surface area (Å²) in [6.45, 7) is 9.17. The van der Waals surface area contributed by atoms with Crippen molar-refractivity contribution in [2.24, 2.45) is 11.3 Å². The van der Waals surface area contributed by atoms with Crippen molar-refractivity contribution >= 4 is 17.7 Å². The molecule has 2 N–H and O–H groups in total. The molecule has 9 heteroatoms. The van der Waals surface area contributed by atoms with E-state index in [9.17, 15) is 9.18 Å². The Bertz CT molecular complexity index is 1530. The highest BCUT2D eigenvalue weighted by molar-refractivity contribution is 6.25. The molecule has 1 atom stereocenters. The fourth-order valence-electron chi connectivity index (χ4n) is 7.75. The van der Waals surface area contributed by atoms with Crippen molar-refractivity contribution in [2.75, 3.05) is 19.7 Å². The number of hydrazine groups is 1. The second kappa shape index (κ2) is 23.5. The molecular weight excluding hydrogens is 702 g/mol. The highest BCUT2D eigenvalue weighted by Gasteiger charge is 2.32. The first kappa shape index (κ1) is 43.4. The van der Waals surface area contributed by atoms with E-state index in [-0.39, 0.29) is 11.6 Å². The Morgan fingerprint density at radius 2 is 1.61 bits per heavy atom. The molecule has 298 valence electrons. The third-order valence-corrected chi connectivity index (χ3v) is 10.7. The molecule has 1 aliphatic rings. The van der Waals surface area contributed by atoms with E-state index in [0.29, 0.717) is 43.1 Å². The molecule has 0 radical (unpaired) electrons. The maximum Gasteiger partial charge on any atom is 0.421 e. The lowest BCUT2D eigenvalue weighted by Gasteiger charge is -2.39. The molecule has 4 rings (SSSR count). The number of nitrogens with zero attached hydrogens (tertiary/aromatic N) is 2. The Labute approximate surface area is 329 Å². The normalized spacial score (nSPS) is 14.4. The minimum absolute atomic E-state index is 0.0364. The van der Waals surface area contributed by atoms with E-state index in [1.807, 2.05) is 36.7 Å². The summed E-state index contributed by atoms with van der Waals surface area (Å²) in [5.41, 5.74) is 10.8. The average molecular weight is 767 g/mol. The molecule has 0 saturated heterocycles. The van der Waals surface area contributed by atoms with Crippen molar-refractivity contribution in [1.82, 2.24) is 20.3 Å². The zero-order valence-electron chi connectivity index (χ0n) is 33.1. The van der Waals surface area contributed by atoms with Crippen LogP contribution in [0.4, 0.5) is 13.6 Å². The van der Waals surface area contributed by atoms with Gasteiger partial charge in [-0.2, -0.15) is 0 Å². The van der Waals surface area contributed by atoms with Crippen molar-refractivity contribution in [3.63, 3.8) is 0 Å². The quantitative estimate of drug-likeness (QED) is 0.0745. The minimum Gasteiger partial charge on any atom is -0.449 e. The third-order valence-electron chi connectivity index (χ3n) is 10.6. The van der Waals surface area contributed by atoms with Crippen LogP contribution < -0.4 is 10.9 Å². The number of amides is 1. The van der Waals surface area contributed by atoms with Crippen LogP contribution in [0.15, 0.2) is 72.5 Å². The number of carbonyl (C=O) groups is 1. The van der Waals surface area contributed by atoms with Gasteiger partial charge in [0.1, 0.15) is 11.6 Å². The van der Waals surface area contributed by atoms with Crippen LogP contribution in [0.2, 0.25) is 0 Å². The van der Waals surface area contributed by atoms with E-state index in [1.54, 1.807) is 5.54 Å². The molecule has 1 saturated carbocycles. The third kappa shape index (κ3) is 15.4. The van der Waals surface area contributed by atoms with Crippen molar-refractivity contribution < 1.29 is 18.3 Å². The maximum atomic E-state index is 15.1. The zero-order valence-corrected chi connectivity index (χ0v) is 33.8. The van der Waals surface area contributed by atoms with E-state index < -0.39 is 17.7 Å². The molecule has 0 aliphatic heterocycles. The lowest BCUT2D eigenvalue weighted by atomic mass is 9.81. The van der Waals surface area contributed by atoms with Crippen LogP contribution in [0.5, 0.6) is 0 Å². The summed E-state index contributed by atoms with van der Waals surface area (Å²) in [5.74, 6) is -0.569. The number of nitrogens with one attached hydrogen (secondary N) is 2. The molecule has 1 amide bonds. The van der Waals surface area contributed by atoms with E-state index in [4.69, 9.17) is 16.3 Å². The topological polar surface area (TPSA) is 58.5 Å². The molecule has 1 fully saturated rings. The highest BCUT2D eigenvalue weighted by atomic mass is 35.5. The fourth-order valence-corrected chi connectivity index (χ4v) is 7.90. The fraction of sp³-hybridized carbons (Fsp3) is 0.578. The van der Waals surface area contributed by atoms with E-state index in [0.717, 1.165) is 62.3 Å². The molecule has 6 nitrogen and oxygen atoms in total. The molecule has 1 aliphatic carbocycles. The summed E-state index contributed by atoms with van der Waals surface area (Å²) in [6.07, 6.45) is 22.1. The Balaban J connectivity index is 1.28. The van der Waals surface area contributed by atoms with Gasteiger partial charge in [-0.3, -0.25) is 5.43 Å². The average Bonchev–Trinajstić information content (AvgIpc) is 3.55. The molecule has 0 bridgehead atoms. The largest absolute Gasteiger partial charge is 0.449 e. The van der Waals surface area contributed by atoms with Crippen LogP contribution in [0.3, 0.4) is 0 Å². The second-order valence-corrected chi connectivity index (χ2v) is 16.5. The van der Waals surface area contributed by atoms with Gasteiger partial charge in [-0.1, -0.05) is 133 Å². The van der Waals surface area contributed by atoms with Gasteiger partial charge in [0.15, 0.2) is 0 Å². The van der Waals surface area contributed by atoms with Gasteiger partial charge in [0.2, 0.25) is 0 Å². The molecule has 2 aromatic carbocycles. The SMILES string of the molecule is CC(C)(C)CCCCCCCCCCCOC(=O)NNCCCN(C=CCl)[C@@H](c1cc(-c2cc(F)ccc2F)cn1Cc1ccccc1)C1CCCCC1. The van der Waals surface area contributed by atoms with Crippen LogP contribution in [-0.2, 0) is 11.3 Å². The lowest BCUT2D eigenvalue weighted by molar-refractivity contribution is 0.137. The lowest BCUT2D eigenvalue weighted by Crippen LogP contribution is -2.40. The summed E-state index contributed by atoms with van der Waals surface area (Å²) in [7, 11) is 0. The number of ether oxygens (including phenoxy) is 1. The molecule has 3 aromatic rings. The Morgan fingerprint density at radius 3 is 2.30 bits per heavy atom. The van der Waals surface area contributed by atoms with Crippen molar-refractivity contribution in [2.45, 2.75) is 136 Å². The van der Waals surface area contributed by atoms with Crippen LogP contribution in [0, 0.1) is 23.0 Å². The van der Waals surface area contributed by atoms with Gasteiger partial charge in [-0.25, -0.2) is 19.0 Å². The van der Waals surface area contributed by atoms with Crippen molar-refractivity contribution in [3.05, 3.63) is 95.4 Å². The van der Waals surface area contributed by atoms with Gasteiger partial charge in [0, 0.05) is 54.4 Å². The number of benzene rings is 2. The highest BCUT2D eigenvalue weighted by Crippen LogP contribution is 2.41. The van der Waals surface area contributed by atoms with Gasteiger partial charge in [-0.05, 0) is 73.3 Å². The summed E-state index contributed by atoms with van der Waals surface area (Å²) in [6, 6.07) is 15.8.